The van der Waals surface area contributed by atoms with E-state index in [4.69, 9.17) is 44.0 Å². The molecule has 7 aliphatic rings. The highest BCUT2D eigenvalue weighted by molar-refractivity contribution is 6.26. The normalized spacial score (nSPS) is 23.1. The van der Waals surface area contributed by atoms with Crippen LogP contribution in [0.3, 0.4) is 0 Å². The summed E-state index contributed by atoms with van der Waals surface area (Å²) in [7, 11) is 12.9. The predicted molar refractivity (Wildman–Crippen MR) is 435 cm³/mol. The van der Waals surface area contributed by atoms with E-state index in [9.17, 15) is 73.8 Å². The van der Waals surface area contributed by atoms with Crippen molar-refractivity contribution in [3.05, 3.63) is 231 Å². The summed E-state index contributed by atoms with van der Waals surface area (Å²) in [6.45, 7) is 9.15. The molecule has 6 aromatic rings. The van der Waals surface area contributed by atoms with Crippen LogP contribution in [-0.2, 0) is 41.6 Å². The minimum atomic E-state index is -2.90. The van der Waals surface area contributed by atoms with Gasteiger partial charge in [-0.1, -0.05) is 67.5 Å². The van der Waals surface area contributed by atoms with E-state index in [1.165, 1.54) is 104 Å². The van der Waals surface area contributed by atoms with Gasteiger partial charge in [0.1, 0.15) is 92.3 Å². The minimum Gasteiger partial charge on any atom is -0.510 e. The predicted octanol–water partition coefficient (Wildman–Crippen LogP) is 8.83. The maximum atomic E-state index is 15.0. The van der Waals surface area contributed by atoms with E-state index < -0.39 is 187 Å². The molecule has 2 heterocycles. The molecule has 0 unspecified atom stereocenters. The van der Waals surface area contributed by atoms with Gasteiger partial charge in [0.2, 0.25) is 23.1 Å². The molecule has 30 nitrogen and oxygen atoms in total. The molecule has 4 aromatic carbocycles. The number of esters is 3. The van der Waals surface area contributed by atoms with E-state index in [-0.39, 0.29) is 87.2 Å². The van der Waals surface area contributed by atoms with E-state index >= 15 is 9.59 Å². The number of Topliss-reactive ketones (excluding diaryl/α,β-unsaturated/α-hetero) is 4. The van der Waals surface area contributed by atoms with Crippen molar-refractivity contribution in [3.8, 4) is 23.0 Å². The van der Waals surface area contributed by atoms with Crippen molar-refractivity contribution in [2.45, 2.75) is 109 Å². The number of amides is 2. The fourth-order valence-corrected chi connectivity index (χ4v) is 18.1. The SMILES string of the molecule is CC1=C(/C=C/C(C)=C/C=C/C(C)=C/C(=O)OC(COc2cccc3oc(C(=O)Oc4ccc(N(C)C)c5c4C(=O)C4=C(O)[C@]6(O)C(=O)C(C(N)=O)=C(O)[C@@H](N(C)C)[C@@H]6C[C@@H]4C5)cc(=O)c23)COc2cccc3oc(C(=O)Oc4ccc(N(C)C)c5c4C(=O)C4=C(O)[C@]6(O)C(=O)C(C(N)=O)=C(O)[C@@H](N(C)C)[C@@H]6C[C@@H]4C5)cc(=O)c23)C(C)(C)CCC1. The zero-order chi connectivity index (χ0) is 86.4. The number of carbonyl (C=O) groups excluding carboxylic acids is 9. The first-order valence-corrected chi connectivity index (χ1v) is 38.5. The van der Waals surface area contributed by atoms with E-state index in [0.29, 0.717) is 28.1 Å². The highest BCUT2D eigenvalue weighted by atomic mass is 16.6. The van der Waals surface area contributed by atoms with Crippen LogP contribution in [0.1, 0.15) is 120 Å². The van der Waals surface area contributed by atoms with E-state index in [0.717, 1.165) is 37.0 Å². The fraction of sp³-hybridized carbons (Fsp3) is 0.360. The summed E-state index contributed by atoms with van der Waals surface area (Å²) >= 11 is 0. The lowest BCUT2D eigenvalue weighted by Crippen LogP contribution is -2.63. The Labute approximate surface area is 682 Å². The Morgan fingerprint density at radius 3 is 1.44 bits per heavy atom. The zero-order valence-electron chi connectivity index (χ0n) is 67.8. The van der Waals surface area contributed by atoms with Crippen LogP contribution >= 0.6 is 0 Å². The first-order valence-electron chi connectivity index (χ1n) is 38.5. The molecule has 10 N–H and O–H groups in total. The van der Waals surface area contributed by atoms with Crippen molar-refractivity contribution in [2.75, 3.05) is 79.4 Å². The Balaban J connectivity index is 0.772. The van der Waals surface area contributed by atoms with Gasteiger partial charge in [-0.2, -0.15) is 0 Å². The quantitative estimate of drug-likeness (QED) is 0.0103. The third-order valence-electron chi connectivity index (χ3n) is 23.6. The second-order valence-electron chi connectivity index (χ2n) is 32.7. The van der Waals surface area contributed by atoms with Crippen LogP contribution in [0.15, 0.2) is 195 Å². The van der Waals surface area contributed by atoms with Crippen LogP contribution in [0.4, 0.5) is 11.4 Å². The van der Waals surface area contributed by atoms with Crippen molar-refractivity contribution >= 4 is 86.2 Å². The molecule has 0 bridgehead atoms. The average molecular weight is 1630 g/mol. The molecular weight excluding hydrogens is 1540 g/mol. The van der Waals surface area contributed by atoms with Crippen molar-refractivity contribution in [1.82, 2.24) is 9.80 Å². The Kier molecular flexibility index (Phi) is 22.6. The van der Waals surface area contributed by atoms with Crippen molar-refractivity contribution < 1.29 is 106 Å². The molecule has 0 radical (unpaired) electrons. The summed E-state index contributed by atoms with van der Waals surface area (Å²) in [5.74, 6) is -21.0. The summed E-state index contributed by atoms with van der Waals surface area (Å²) in [6.07, 6.45) is 12.3. The molecule has 2 amide bonds. The molecule has 622 valence electrons. The maximum absolute atomic E-state index is 15.0. The number of anilines is 2. The second kappa shape index (κ2) is 31.9. The van der Waals surface area contributed by atoms with Gasteiger partial charge in [-0.05, 0) is 182 Å². The Hall–Kier alpha value is -12.8. The molecule has 7 aliphatic carbocycles. The van der Waals surface area contributed by atoms with Crippen molar-refractivity contribution in [3.63, 3.8) is 0 Å². The third-order valence-corrected chi connectivity index (χ3v) is 23.6. The van der Waals surface area contributed by atoms with Crippen LogP contribution < -0.4 is 51.1 Å². The summed E-state index contributed by atoms with van der Waals surface area (Å²) in [6, 6.07) is 13.4. The standard InChI is InChI=1S/C89H92N6O24/c1-41(25-26-49-43(3)20-17-31-87(49,4)5)18-14-19-42(2)32-64(98)115-46(39-113-56-21-15-23-58-69(56)54(96)37-62(116-58)85(109)118-60-29-27-52(92(6)7)47-33-44-35-50-73(94(10)11)77(101)71(83(90)107)81(105)88(50,111)79(103)65(44)75(99)67(47)60)40-114-57-22-16-24-59-70(57)55(97)38-63(117-59)86(110)119-61-30-28-53(93(8)9)48-34-45-36-51-74(95(12)13)78(102)72(84(91)108)82(106)89(51,112)80(104)66(45)76(100)68(48)61/h14-16,18-19,21-30,32,37-38,44-46,50-51,73-74,101-104,111-112H,17,20,31,33-36,39-40H2,1-13H3,(H2,90,107)(H2,91,108)/b19-14+,26-25+,41-18+,42-32+/t44-,45-,50-,51-,73-,74-,88-,89-/m0/s1. The van der Waals surface area contributed by atoms with Gasteiger partial charge in [0, 0.05) is 80.8 Å². The molecule has 13 rings (SSSR count). The number of ether oxygens (including phenoxy) is 5. The number of allylic oxidation sites excluding steroid dienone is 11. The number of carbonyl (C=O) groups is 9. The van der Waals surface area contributed by atoms with E-state index in [2.05, 4.69) is 26.8 Å². The number of nitrogens with zero attached hydrogens (tertiary/aromatic N) is 4. The number of ketones is 4. The first-order chi connectivity index (χ1) is 56.1. The number of benzene rings is 4. The van der Waals surface area contributed by atoms with Gasteiger partial charge in [0.15, 0.2) is 39.7 Å². The average Bonchev–Trinajstić information content (AvgIpc) is 0.701. The van der Waals surface area contributed by atoms with Crippen LogP contribution in [0.2, 0.25) is 0 Å². The number of likely N-dealkylation sites (N-methyl/N-ethyl adjacent to an activating group) is 2. The molecule has 119 heavy (non-hydrogen) atoms. The number of aliphatic hydroxyl groups is 6. The summed E-state index contributed by atoms with van der Waals surface area (Å²) in [5.41, 5.74) is 5.81. The van der Waals surface area contributed by atoms with Crippen LogP contribution in [0.25, 0.3) is 21.9 Å². The number of aliphatic hydroxyl groups excluding tert-OH is 4. The van der Waals surface area contributed by atoms with Gasteiger partial charge >= 0.3 is 17.9 Å². The molecule has 30 heteroatoms. The summed E-state index contributed by atoms with van der Waals surface area (Å²) < 4.78 is 42.4. The van der Waals surface area contributed by atoms with Gasteiger partial charge in [-0.3, -0.25) is 48.2 Å². The van der Waals surface area contributed by atoms with Gasteiger partial charge in [0.25, 0.3) is 11.8 Å². The Morgan fingerprint density at radius 2 is 1.03 bits per heavy atom. The molecule has 0 spiro atoms. The number of hydrogen-bond donors (Lipinski definition) is 8. The topological polar surface area (TPSA) is 447 Å². The lowest BCUT2D eigenvalue weighted by Gasteiger charge is -2.50. The molecule has 8 atom stereocenters. The molecule has 0 fully saturated rings. The molecular formula is C89H92N6O24. The fourth-order valence-electron chi connectivity index (χ4n) is 18.1. The second-order valence-corrected chi connectivity index (χ2v) is 32.7. The minimum absolute atomic E-state index is 0.0184. The number of hydrogen-bond acceptors (Lipinski definition) is 28. The molecule has 0 aliphatic heterocycles. The Bertz CT molecular complexity index is 5550. The number of primary amides is 2. The van der Waals surface area contributed by atoms with Crippen LogP contribution in [-0.4, -0.2) is 192 Å². The first kappa shape index (κ1) is 84.2. The Morgan fingerprint density at radius 1 is 0.597 bits per heavy atom. The third kappa shape index (κ3) is 14.8. The van der Waals surface area contributed by atoms with E-state index in [1.54, 1.807) is 69.2 Å². The van der Waals surface area contributed by atoms with Gasteiger partial charge < -0.3 is 84.4 Å². The van der Waals surface area contributed by atoms with Crippen LogP contribution in [0, 0.1) is 29.1 Å². The highest BCUT2D eigenvalue weighted by Gasteiger charge is 2.65. The summed E-state index contributed by atoms with van der Waals surface area (Å²) in [4.78, 5) is 161. The molecule has 2 aromatic heterocycles. The van der Waals surface area contributed by atoms with Gasteiger partial charge in [-0.25, -0.2) is 14.4 Å². The van der Waals surface area contributed by atoms with E-state index in [1.807, 2.05) is 19.1 Å². The van der Waals surface area contributed by atoms with Crippen LogP contribution in [0.5, 0.6) is 23.0 Å². The summed E-state index contributed by atoms with van der Waals surface area (Å²) in [5, 5.41) is 70.8. The van der Waals surface area contributed by atoms with Gasteiger partial charge in [0.05, 0.1) is 23.2 Å². The number of nitrogens with two attached hydrogens (primary N) is 2. The number of fused-ring (bicyclic) bond motifs is 8. The molecule has 0 saturated carbocycles. The number of rotatable bonds is 22. The van der Waals surface area contributed by atoms with Gasteiger partial charge in [-0.15, -0.1) is 0 Å². The molecule has 0 saturated heterocycles. The lowest BCUT2D eigenvalue weighted by molar-refractivity contribution is -0.149. The maximum Gasteiger partial charge on any atom is 0.379 e. The lowest BCUT2D eigenvalue weighted by atomic mass is 9.58. The highest BCUT2D eigenvalue weighted by Crippen LogP contribution is 2.56. The van der Waals surface area contributed by atoms with Crippen molar-refractivity contribution in [2.24, 2.45) is 40.6 Å². The monoisotopic (exact) mass is 1630 g/mol. The zero-order valence-corrected chi connectivity index (χ0v) is 67.8. The largest absolute Gasteiger partial charge is 0.510 e. The smallest absolute Gasteiger partial charge is 0.379 e. The van der Waals surface area contributed by atoms with Crippen molar-refractivity contribution in [1.29, 1.82) is 0 Å².